The Morgan fingerprint density at radius 3 is 2.03 bits per heavy atom. The lowest BCUT2D eigenvalue weighted by atomic mass is 9.96. The van der Waals surface area contributed by atoms with Crippen LogP contribution in [0.25, 0.3) is 22.4 Å². The highest BCUT2D eigenvalue weighted by atomic mass is 35.5. The van der Waals surface area contributed by atoms with E-state index in [1.807, 2.05) is 80.6 Å². The lowest BCUT2D eigenvalue weighted by molar-refractivity contribution is -0.135. The zero-order chi connectivity index (χ0) is 42.2. The van der Waals surface area contributed by atoms with E-state index in [-0.39, 0.29) is 54.6 Å². The Balaban J connectivity index is 0.00000363. The summed E-state index contributed by atoms with van der Waals surface area (Å²) in [5.41, 5.74) is 5.52. The minimum Gasteiger partial charge on any atom is -0.465 e. The summed E-state index contributed by atoms with van der Waals surface area (Å²) in [6.07, 6.45) is 4.44. The lowest BCUT2D eigenvalue weighted by Crippen LogP contribution is -2.50. The Morgan fingerprint density at radius 1 is 0.774 bits per heavy atom. The van der Waals surface area contributed by atoms with Gasteiger partial charge in [-0.05, 0) is 78.2 Å². The summed E-state index contributed by atoms with van der Waals surface area (Å²) in [6, 6.07) is 22.6. The van der Waals surface area contributed by atoms with E-state index >= 15 is 0 Å². The molecule has 2 aromatic heterocycles. The molecule has 2 saturated heterocycles. The third kappa shape index (κ3) is 10.6. The summed E-state index contributed by atoms with van der Waals surface area (Å²) in [5, 5.41) is 14.4. The molecular weight excluding hydrogens is 831 g/mol. The number of imidazole rings is 2. The molecule has 14 nitrogen and oxygen atoms in total. The summed E-state index contributed by atoms with van der Waals surface area (Å²) < 4.78 is 4.81. The fourth-order valence-corrected chi connectivity index (χ4v) is 7.83. The number of nitrogens with one attached hydrogen (secondary N) is 4. The molecule has 5 aromatic rings. The van der Waals surface area contributed by atoms with Gasteiger partial charge in [-0.3, -0.25) is 9.59 Å². The van der Waals surface area contributed by atoms with Crippen LogP contribution in [0.3, 0.4) is 0 Å². The second kappa shape index (κ2) is 21.2. The van der Waals surface area contributed by atoms with Crippen molar-refractivity contribution < 1.29 is 29.0 Å². The van der Waals surface area contributed by atoms with Gasteiger partial charge >= 0.3 is 12.2 Å². The number of aromatic nitrogens is 4. The number of carbonyl (C=O) groups excluding carboxylic acids is 3. The second-order valence-corrected chi connectivity index (χ2v) is 15.0. The first-order chi connectivity index (χ1) is 29.1. The number of aromatic amines is 2. The van der Waals surface area contributed by atoms with Crippen LogP contribution in [0.1, 0.15) is 86.1 Å². The Morgan fingerprint density at radius 2 is 1.39 bits per heavy atom. The molecule has 4 amide bonds. The van der Waals surface area contributed by atoms with Crippen molar-refractivity contribution in [1.82, 2.24) is 40.4 Å². The molecule has 0 spiro atoms. The standard InChI is InChI=1S/C46H46N8O6.2ClH/c1-29(2)39(51-45(57)58)43(55)53-24-13-21-38(53)42-48-28-36(50-42)33-23-22-31(35(26-33)30-14-6-4-7-15-30)16-10-11-19-34-27-47-41(49-34)37-20-12-25-54(37)44(56)40(52-46(59)60-3)32-17-8-5-9-18-32;;/h4-9,14-15,17-18,22-23,26-29,37-40,51H,12-13,20-21,24-25H2,1-3H3,(H,47,49)(H,48,50)(H,52,59)(H,57,58);2*1H/t37?,38?,39-,40?;;/m0../s1. The quantitative estimate of drug-likeness (QED) is 0.0897. The van der Waals surface area contributed by atoms with Crippen molar-refractivity contribution in [2.24, 2.45) is 5.92 Å². The maximum Gasteiger partial charge on any atom is 0.407 e. The maximum atomic E-state index is 13.9. The molecule has 7 rings (SSSR count). The zero-order valence-corrected chi connectivity index (χ0v) is 36.0. The SMILES string of the molecule is COC(=O)NC(C(=O)N1CCCC1c1ncc(C#CC#Cc2ccc(-c3cnc(C4CCCN4C(=O)[C@@H](NC(=O)O)C(C)C)[nH]3)cc2-c2ccccc2)[nH]1)c1ccccc1.Cl.Cl. The molecule has 2 aliphatic rings. The molecular formula is C46H48Cl2N8O6. The Labute approximate surface area is 372 Å². The monoisotopic (exact) mass is 878 g/mol. The van der Waals surface area contributed by atoms with Crippen molar-refractivity contribution in [2.75, 3.05) is 20.2 Å². The third-order valence-electron chi connectivity index (χ3n) is 10.8. The lowest BCUT2D eigenvalue weighted by Gasteiger charge is -2.29. The number of H-pyrrole nitrogens is 2. The first-order valence-corrected chi connectivity index (χ1v) is 19.9. The highest BCUT2D eigenvalue weighted by Gasteiger charge is 2.38. The molecule has 2 fully saturated rings. The van der Waals surface area contributed by atoms with E-state index in [2.05, 4.69) is 54.3 Å². The van der Waals surface area contributed by atoms with Crippen LogP contribution in [0.2, 0.25) is 0 Å². The number of methoxy groups -OCH3 is 1. The number of carboxylic acid groups (broad SMARTS) is 1. The van der Waals surface area contributed by atoms with E-state index < -0.39 is 24.3 Å². The van der Waals surface area contributed by atoms with Gasteiger partial charge in [0.05, 0.1) is 37.3 Å². The van der Waals surface area contributed by atoms with Crippen molar-refractivity contribution in [3.05, 3.63) is 120 Å². The van der Waals surface area contributed by atoms with Crippen LogP contribution in [0.15, 0.2) is 91.3 Å². The molecule has 0 bridgehead atoms. The number of carbonyl (C=O) groups is 4. The van der Waals surface area contributed by atoms with Gasteiger partial charge in [0.1, 0.15) is 29.4 Å². The van der Waals surface area contributed by atoms with Crippen molar-refractivity contribution in [3.63, 3.8) is 0 Å². The number of alkyl carbamates (subject to hydrolysis) is 1. The summed E-state index contributed by atoms with van der Waals surface area (Å²) >= 11 is 0. The highest BCUT2D eigenvalue weighted by Crippen LogP contribution is 2.35. The van der Waals surface area contributed by atoms with Gasteiger partial charge in [-0.2, -0.15) is 0 Å². The summed E-state index contributed by atoms with van der Waals surface area (Å²) in [5.74, 6) is 12.7. The molecule has 16 heteroatoms. The Bertz CT molecular complexity index is 2490. The van der Waals surface area contributed by atoms with Crippen molar-refractivity contribution in [2.45, 2.75) is 63.7 Å². The first kappa shape index (κ1) is 46.3. The first-order valence-electron chi connectivity index (χ1n) is 19.9. The number of benzene rings is 3. The van der Waals surface area contributed by atoms with Gasteiger partial charge in [-0.25, -0.2) is 19.6 Å². The van der Waals surface area contributed by atoms with Crippen LogP contribution in [-0.4, -0.2) is 85.1 Å². The van der Waals surface area contributed by atoms with Crippen LogP contribution < -0.4 is 10.6 Å². The summed E-state index contributed by atoms with van der Waals surface area (Å²) in [7, 11) is 1.26. The van der Waals surface area contributed by atoms with Gasteiger partial charge in [0.15, 0.2) is 0 Å². The third-order valence-corrected chi connectivity index (χ3v) is 10.8. The molecule has 5 N–H and O–H groups in total. The number of ether oxygens (including phenoxy) is 1. The van der Waals surface area contributed by atoms with Gasteiger partial charge in [-0.1, -0.05) is 86.5 Å². The number of halogens is 2. The van der Waals surface area contributed by atoms with Gasteiger partial charge < -0.3 is 40.2 Å². The minimum absolute atomic E-state index is 0. The molecule has 4 heterocycles. The molecule has 2 aliphatic heterocycles. The molecule has 322 valence electrons. The van der Waals surface area contributed by atoms with Crippen LogP contribution in [0.5, 0.6) is 0 Å². The van der Waals surface area contributed by atoms with E-state index in [0.29, 0.717) is 48.8 Å². The van der Waals surface area contributed by atoms with E-state index in [0.717, 1.165) is 40.8 Å². The average Bonchev–Trinajstić information content (AvgIpc) is 4.11. The Kier molecular flexibility index (Phi) is 15.8. The second-order valence-electron chi connectivity index (χ2n) is 15.0. The highest BCUT2D eigenvalue weighted by molar-refractivity contribution is 5.88. The zero-order valence-electron chi connectivity index (χ0n) is 34.4. The summed E-state index contributed by atoms with van der Waals surface area (Å²) in [4.78, 5) is 70.4. The van der Waals surface area contributed by atoms with Gasteiger partial charge in [0, 0.05) is 24.2 Å². The van der Waals surface area contributed by atoms with Crippen molar-refractivity contribution in [1.29, 1.82) is 0 Å². The van der Waals surface area contributed by atoms with Crippen molar-refractivity contribution >= 4 is 48.8 Å². The minimum atomic E-state index is -1.23. The van der Waals surface area contributed by atoms with Crippen LogP contribution >= 0.6 is 24.8 Å². The van der Waals surface area contributed by atoms with Gasteiger partial charge in [0.2, 0.25) is 5.91 Å². The predicted octanol–water partition coefficient (Wildman–Crippen LogP) is 7.43. The number of rotatable bonds is 10. The van der Waals surface area contributed by atoms with E-state index in [4.69, 9.17) is 4.74 Å². The predicted molar refractivity (Wildman–Crippen MR) is 238 cm³/mol. The molecule has 3 unspecified atom stereocenters. The molecule has 0 aliphatic carbocycles. The van der Waals surface area contributed by atoms with Crippen LogP contribution in [0.4, 0.5) is 9.59 Å². The summed E-state index contributed by atoms with van der Waals surface area (Å²) in [6.45, 7) is 4.68. The molecule has 3 aromatic carbocycles. The number of amides is 4. The van der Waals surface area contributed by atoms with Gasteiger partial charge in [-0.15, -0.1) is 24.8 Å². The van der Waals surface area contributed by atoms with Crippen molar-refractivity contribution in [3.8, 4) is 46.1 Å². The topological polar surface area (TPSA) is 186 Å². The smallest absolute Gasteiger partial charge is 0.407 e. The van der Waals surface area contributed by atoms with Crippen LogP contribution in [-0.2, 0) is 14.3 Å². The number of nitrogens with zero attached hydrogens (tertiary/aromatic N) is 4. The van der Waals surface area contributed by atoms with Gasteiger partial charge in [0.25, 0.3) is 5.91 Å². The van der Waals surface area contributed by atoms with E-state index in [1.54, 1.807) is 34.3 Å². The molecule has 0 radical (unpaired) electrons. The fourth-order valence-electron chi connectivity index (χ4n) is 7.83. The average molecular weight is 880 g/mol. The number of likely N-dealkylation sites (tertiary alicyclic amines) is 2. The largest absolute Gasteiger partial charge is 0.465 e. The normalized spacial score (nSPS) is 16.3. The maximum absolute atomic E-state index is 13.9. The molecule has 0 saturated carbocycles. The van der Waals surface area contributed by atoms with E-state index in [9.17, 15) is 24.3 Å². The Hall–Kier alpha value is -6.74. The molecule has 62 heavy (non-hydrogen) atoms. The fraction of sp³-hybridized carbons (Fsp3) is 0.304. The molecule has 4 atom stereocenters. The van der Waals surface area contributed by atoms with Crippen LogP contribution in [0, 0.1) is 29.6 Å². The van der Waals surface area contributed by atoms with E-state index in [1.165, 1.54) is 7.11 Å². The number of hydrogen-bond acceptors (Lipinski definition) is 7. The number of hydrogen-bond donors (Lipinski definition) is 5.